The number of hydrogen-bond donors (Lipinski definition) is 1. The Balaban J connectivity index is 2.02. The van der Waals surface area contributed by atoms with Crippen molar-refractivity contribution >= 4 is 0 Å². The van der Waals surface area contributed by atoms with Gasteiger partial charge in [-0.05, 0) is 50.0 Å². The number of piperidine rings is 1. The minimum Gasteiger partial charge on any atom is -0.314 e. The van der Waals surface area contributed by atoms with Gasteiger partial charge in [-0.3, -0.25) is 4.90 Å². The minimum absolute atomic E-state index is 0.687. The number of rotatable bonds is 6. The fourth-order valence-corrected chi connectivity index (χ4v) is 2.96. The van der Waals surface area contributed by atoms with Crippen LogP contribution in [0.3, 0.4) is 0 Å². The molecule has 1 unspecified atom stereocenters. The number of nitrogens with one attached hydrogen (secondary N) is 1. The predicted octanol–water partition coefficient (Wildman–Crippen LogP) is 3.21. The van der Waals surface area contributed by atoms with Gasteiger partial charge < -0.3 is 5.32 Å². The zero-order chi connectivity index (χ0) is 13.5. The Hall–Kier alpha value is -0.860. The van der Waals surface area contributed by atoms with Crippen LogP contribution in [0.15, 0.2) is 24.3 Å². The molecule has 0 saturated carbocycles. The second-order valence-corrected chi connectivity index (χ2v) is 5.58. The lowest BCUT2D eigenvalue weighted by Crippen LogP contribution is -2.36. The van der Waals surface area contributed by atoms with Crippen molar-refractivity contribution < 1.29 is 0 Å². The van der Waals surface area contributed by atoms with Crippen molar-refractivity contribution in [2.24, 2.45) is 0 Å². The van der Waals surface area contributed by atoms with Gasteiger partial charge in [0.25, 0.3) is 0 Å². The van der Waals surface area contributed by atoms with E-state index < -0.39 is 0 Å². The number of hydrogen-bond acceptors (Lipinski definition) is 2. The van der Waals surface area contributed by atoms with Crippen LogP contribution >= 0.6 is 0 Å². The van der Waals surface area contributed by atoms with Gasteiger partial charge in [-0.15, -0.1) is 0 Å². The molecule has 1 aliphatic heterocycles. The van der Waals surface area contributed by atoms with Gasteiger partial charge in [0, 0.05) is 12.6 Å². The zero-order valence-corrected chi connectivity index (χ0v) is 12.5. The van der Waals surface area contributed by atoms with Crippen LogP contribution in [0.4, 0.5) is 0 Å². The molecule has 1 atom stereocenters. The van der Waals surface area contributed by atoms with Gasteiger partial charge >= 0.3 is 0 Å². The van der Waals surface area contributed by atoms with Crippen molar-refractivity contribution in [1.29, 1.82) is 0 Å². The molecule has 2 nitrogen and oxygen atoms in total. The summed E-state index contributed by atoms with van der Waals surface area (Å²) in [7, 11) is 0. The fraction of sp³-hybridized carbons (Fsp3) is 0.647. The molecule has 1 aliphatic rings. The summed E-state index contributed by atoms with van der Waals surface area (Å²) in [6.07, 6.45) is 5.25. The standard InChI is InChI=1S/C17H28N2/c1-3-19(4-2)14-16-10-6-5-9-15(16)13-17-11-7-8-12-18-17/h5-6,9-10,17-18H,3-4,7-8,11-14H2,1-2H3. The summed E-state index contributed by atoms with van der Waals surface area (Å²) in [5.41, 5.74) is 3.05. The molecular formula is C17H28N2. The summed E-state index contributed by atoms with van der Waals surface area (Å²) < 4.78 is 0. The molecule has 0 radical (unpaired) electrons. The van der Waals surface area contributed by atoms with E-state index >= 15 is 0 Å². The molecule has 106 valence electrons. The van der Waals surface area contributed by atoms with E-state index in [9.17, 15) is 0 Å². The molecule has 1 fully saturated rings. The Bertz CT molecular complexity index is 365. The Morgan fingerprint density at radius 1 is 1.11 bits per heavy atom. The second kappa shape index (κ2) is 7.66. The van der Waals surface area contributed by atoms with Gasteiger partial charge in [0.15, 0.2) is 0 Å². The van der Waals surface area contributed by atoms with E-state index in [1.807, 2.05) is 0 Å². The Kier molecular flexibility index (Phi) is 5.87. The topological polar surface area (TPSA) is 15.3 Å². The summed E-state index contributed by atoms with van der Waals surface area (Å²) in [5.74, 6) is 0. The third-order valence-electron chi connectivity index (χ3n) is 4.29. The van der Waals surface area contributed by atoms with E-state index in [-0.39, 0.29) is 0 Å². The average Bonchev–Trinajstić information content (AvgIpc) is 2.47. The summed E-state index contributed by atoms with van der Waals surface area (Å²) in [5, 5.41) is 3.66. The highest BCUT2D eigenvalue weighted by atomic mass is 15.1. The molecule has 0 aromatic heterocycles. The highest BCUT2D eigenvalue weighted by molar-refractivity contribution is 5.28. The van der Waals surface area contributed by atoms with E-state index in [1.54, 1.807) is 0 Å². The molecule has 2 rings (SSSR count). The van der Waals surface area contributed by atoms with Crippen LogP contribution in [-0.4, -0.2) is 30.6 Å². The van der Waals surface area contributed by atoms with Crippen molar-refractivity contribution in [3.8, 4) is 0 Å². The zero-order valence-electron chi connectivity index (χ0n) is 12.5. The normalized spacial score (nSPS) is 19.8. The monoisotopic (exact) mass is 260 g/mol. The number of benzene rings is 1. The highest BCUT2D eigenvalue weighted by Crippen LogP contribution is 2.17. The number of nitrogens with zero attached hydrogens (tertiary/aromatic N) is 1. The quantitative estimate of drug-likeness (QED) is 0.845. The maximum Gasteiger partial charge on any atom is 0.0236 e. The van der Waals surface area contributed by atoms with Crippen molar-refractivity contribution in [2.45, 2.75) is 52.1 Å². The van der Waals surface area contributed by atoms with Crippen molar-refractivity contribution in [2.75, 3.05) is 19.6 Å². The third-order valence-corrected chi connectivity index (χ3v) is 4.29. The molecule has 1 aromatic carbocycles. The smallest absolute Gasteiger partial charge is 0.0236 e. The largest absolute Gasteiger partial charge is 0.314 e. The average molecular weight is 260 g/mol. The summed E-state index contributed by atoms with van der Waals surface area (Å²) in [6, 6.07) is 9.66. The maximum absolute atomic E-state index is 3.66. The molecule has 0 amide bonds. The summed E-state index contributed by atoms with van der Waals surface area (Å²) in [6.45, 7) is 9.04. The molecule has 1 saturated heterocycles. The van der Waals surface area contributed by atoms with Crippen LogP contribution in [0, 0.1) is 0 Å². The van der Waals surface area contributed by atoms with Crippen molar-refractivity contribution in [3.05, 3.63) is 35.4 Å². The first-order chi connectivity index (χ1) is 9.33. The first-order valence-electron chi connectivity index (χ1n) is 7.86. The van der Waals surface area contributed by atoms with Gasteiger partial charge in [-0.1, -0.05) is 44.5 Å². The third kappa shape index (κ3) is 4.32. The Morgan fingerprint density at radius 3 is 2.47 bits per heavy atom. The lowest BCUT2D eigenvalue weighted by atomic mass is 9.94. The van der Waals surface area contributed by atoms with E-state index in [2.05, 4.69) is 48.3 Å². The second-order valence-electron chi connectivity index (χ2n) is 5.58. The molecule has 1 aromatic rings. The predicted molar refractivity (Wildman–Crippen MR) is 82.4 cm³/mol. The molecule has 2 heteroatoms. The Labute approximate surface area is 118 Å². The van der Waals surface area contributed by atoms with Crippen molar-refractivity contribution in [3.63, 3.8) is 0 Å². The van der Waals surface area contributed by atoms with E-state index in [4.69, 9.17) is 0 Å². The molecule has 19 heavy (non-hydrogen) atoms. The lowest BCUT2D eigenvalue weighted by molar-refractivity contribution is 0.294. The van der Waals surface area contributed by atoms with Gasteiger partial charge in [0.2, 0.25) is 0 Å². The molecular weight excluding hydrogens is 232 g/mol. The van der Waals surface area contributed by atoms with Gasteiger partial charge in [-0.25, -0.2) is 0 Å². The van der Waals surface area contributed by atoms with E-state index in [1.165, 1.54) is 43.4 Å². The van der Waals surface area contributed by atoms with Crippen LogP contribution in [0.2, 0.25) is 0 Å². The van der Waals surface area contributed by atoms with E-state index in [0.717, 1.165) is 19.6 Å². The van der Waals surface area contributed by atoms with Crippen LogP contribution in [-0.2, 0) is 13.0 Å². The SMILES string of the molecule is CCN(CC)Cc1ccccc1CC1CCCCN1. The van der Waals surface area contributed by atoms with E-state index in [0.29, 0.717) is 6.04 Å². The van der Waals surface area contributed by atoms with Gasteiger partial charge in [0.05, 0.1) is 0 Å². The molecule has 1 heterocycles. The highest BCUT2D eigenvalue weighted by Gasteiger charge is 2.15. The minimum atomic E-state index is 0.687. The van der Waals surface area contributed by atoms with Gasteiger partial charge in [0.1, 0.15) is 0 Å². The van der Waals surface area contributed by atoms with Crippen LogP contribution < -0.4 is 5.32 Å². The maximum atomic E-state index is 3.66. The lowest BCUT2D eigenvalue weighted by Gasteiger charge is -2.25. The molecule has 0 spiro atoms. The van der Waals surface area contributed by atoms with Crippen molar-refractivity contribution in [1.82, 2.24) is 10.2 Å². The first-order valence-corrected chi connectivity index (χ1v) is 7.86. The first kappa shape index (κ1) is 14.5. The summed E-state index contributed by atoms with van der Waals surface area (Å²) >= 11 is 0. The van der Waals surface area contributed by atoms with Gasteiger partial charge in [-0.2, -0.15) is 0 Å². The van der Waals surface area contributed by atoms with Crippen LogP contribution in [0.1, 0.15) is 44.2 Å². The molecule has 0 aliphatic carbocycles. The van der Waals surface area contributed by atoms with Crippen LogP contribution in [0.25, 0.3) is 0 Å². The van der Waals surface area contributed by atoms with Crippen LogP contribution in [0.5, 0.6) is 0 Å². The molecule has 0 bridgehead atoms. The molecule has 1 N–H and O–H groups in total. The summed E-state index contributed by atoms with van der Waals surface area (Å²) in [4.78, 5) is 2.49. The fourth-order valence-electron chi connectivity index (χ4n) is 2.96. The Morgan fingerprint density at radius 2 is 1.84 bits per heavy atom.